The Morgan fingerprint density at radius 1 is 1.56 bits per heavy atom. The number of ketones is 1. The summed E-state index contributed by atoms with van der Waals surface area (Å²) in [4.78, 5) is 35.5. The van der Waals surface area contributed by atoms with Gasteiger partial charge in [0.25, 0.3) is 4.57 Å². The fourth-order valence-electron chi connectivity index (χ4n) is 0.244. The van der Waals surface area contributed by atoms with Gasteiger partial charge in [0.05, 0.1) is 0 Å². The van der Waals surface area contributed by atoms with Gasteiger partial charge in [0.1, 0.15) is 0 Å². The van der Waals surface area contributed by atoms with Crippen molar-refractivity contribution in [1.29, 1.82) is 0 Å². The van der Waals surface area contributed by atoms with E-state index in [4.69, 9.17) is 14.7 Å². The van der Waals surface area contributed by atoms with E-state index in [9.17, 15) is 4.79 Å². The lowest BCUT2D eigenvalue weighted by Gasteiger charge is -2.05. The third kappa shape index (κ3) is 3.23. The molecule has 0 aliphatic rings. The molecular formula is C3H7BrO4P+. The Bertz CT molecular complexity index is 119. The summed E-state index contributed by atoms with van der Waals surface area (Å²) in [5.41, 5.74) is 0. The number of alkyl halides is 1. The van der Waals surface area contributed by atoms with Gasteiger partial charge in [0.15, 0.2) is 5.78 Å². The first-order chi connectivity index (χ1) is 3.85. The minimum Gasteiger partial charge on any atom is -0.294 e. The number of rotatable bonds is 2. The van der Waals surface area contributed by atoms with E-state index in [1.54, 1.807) is 0 Å². The number of halogens is 1. The Hall–Kier alpha value is 0.460. The molecule has 0 aliphatic carbocycles. The van der Waals surface area contributed by atoms with Crippen LogP contribution in [-0.2, 0) is 4.79 Å². The largest absolute Gasteiger partial charge is 0.425 e. The van der Waals surface area contributed by atoms with Gasteiger partial charge >= 0.3 is 7.94 Å². The first kappa shape index (κ1) is 9.46. The number of Topliss-reactive ketones (excluding diaryl/α,β-unsaturated/α-hetero) is 1. The van der Waals surface area contributed by atoms with E-state index in [1.807, 2.05) is 0 Å². The van der Waals surface area contributed by atoms with Crippen LogP contribution in [0.15, 0.2) is 0 Å². The van der Waals surface area contributed by atoms with Gasteiger partial charge in [0, 0.05) is 0 Å². The van der Waals surface area contributed by atoms with E-state index in [1.165, 1.54) is 0 Å². The molecular weight excluding hydrogens is 211 g/mol. The van der Waals surface area contributed by atoms with Crippen LogP contribution in [-0.4, -0.2) is 25.0 Å². The Labute approximate surface area is 61.2 Å². The molecule has 0 heterocycles. The highest BCUT2D eigenvalue weighted by atomic mass is 79.9. The second kappa shape index (κ2) is 3.03. The minimum absolute atomic E-state index is 0.504. The molecule has 9 heavy (non-hydrogen) atoms. The Morgan fingerprint density at radius 2 is 1.89 bits per heavy atom. The zero-order valence-corrected chi connectivity index (χ0v) is 7.13. The van der Waals surface area contributed by atoms with Crippen LogP contribution in [0.1, 0.15) is 6.92 Å². The van der Waals surface area contributed by atoms with Crippen molar-refractivity contribution >= 4 is 29.7 Å². The summed E-state index contributed by atoms with van der Waals surface area (Å²) in [5, 5.41) is 0. The molecule has 0 fully saturated rings. The topological polar surface area (TPSA) is 77.8 Å². The van der Waals surface area contributed by atoms with Crippen molar-refractivity contribution in [3.63, 3.8) is 0 Å². The average molecular weight is 218 g/mol. The van der Waals surface area contributed by atoms with Crippen LogP contribution in [0.3, 0.4) is 0 Å². The van der Waals surface area contributed by atoms with Gasteiger partial charge in [-0.25, -0.2) is 0 Å². The summed E-state index contributed by atoms with van der Waals surface area (Å²) >= 11 is 2.61. The maximum atomic E-state index is 10.3. The Kier molecular flexibility index (Phi) is 3.19. The van der Waals surface area contributed by atoms with E-state index in [0.29, 0.717) is 0 Å². The first-order valence-corrected chi connectivity index (χ1v) is 4.70. The van der Waals surface area contributed by atoms with Crippen molar-refractivity contribution in [2.24, 2.45) is 0 Å². The molecule has 0 spiro atoms. The maximum absolute atomic E-state index is 10.3. The molecule has 1 atom stereocenters. The molecule has 0 saturated carbocycles. The van der Waals surface area contributed by atoms with Crippen molar-refractivity contribution < 1.29 is 19.5 Å². The summed E-state index contributed by atoms with van der Waals surface area (Å²) in [6.45, 7) is 1.15. The van der Waals surface area contributed by atoms with Gasteiger partial charge < -0.3 is 0 Å². The lowest BCUT2D eigenvalue weighted by atomic mass is 10.5. The molecule has 0 aromatic heterocycles. The van der Waals surface area contributed by atoms with Crippen LogP contribution in [0, 0.1) is 0 Å². The second-order valence-corrected chi connectivity index (χ2v) is 4.93. The molecule has 6 heteroatoms. The molecule has 0 bridgehead atoms. The average Bonchev–Trinajstić information content (AvgIpc) is 1.62. The van der Waals surface area contributed by atoms with E-state index in [0.717, 1.165) is 6.92 Å². The summed E-state index contributed by atoms with van der Waals surface area (Å²) in [7, 11) is -4.00. The zero-order valence-electron chi connectivity index (χ0n) is 4.65. The predicted molar refractivity (Wildman–Crippen MR) is 37.0 cm³/mol. The highest BCUT2D eigenvalue weighted by Crippen LogP contribution is 2.53. The molecule has 4 nitrogen and oxygen atoms in total. The van der Waals surface area contributed by atoms with Crippen molar-refractivity contribution in [1.82, 2.24) is 0 Å². The molecule has 0 unspecified atom stereocenters. The fourth-order valence-corrected chi connectivity index (χ4v) is 0.732. The zero-order chi connectivity index (χ0) is 7.65. The standard InChI is InChI=1S/C3H7BrO4P/c1-2(5)3(4)9(6,7)8/h3,6-8H,1H3/q+1/t3-/m1/s1. The smallest absolute Gasteiger partial charge is 0.294 e. The lowest BCUT2D eigenvalue weighted by Crippen LogP contribution is -2.13. The van der Waals surface area contributed by atoms with Crippen LogP contribution >= 0.6 is 23.9 Å². The predicted octanol–water partition coefficient (Wildman–Crippen LogP) is 0.0359. The number of carbonyl (C=O) groups excluding carboxylic acids is 1. The summed E-state index contributed by atoms with van der Waals surface area (Å²) in [5.74, 6) is -0.504. The molecule has 0 amide bonds. The van der Waals surface area contributed by atoms with Crippen molar-refractivity contribution in [2.75, 3.05) is 0 Å². The Morgan fingerprint density at radius 3 is 1.89 bits per heavy atom. The van der Waals surface area contributed by atoms with E-state index < -0.39 is 18.3 Å². The molecule has 0 aromatic rings. The molecule has 0 aliphatic heterocycles. The number of hydrogen-bond acceptors (Lipinski definition) is 4. The maximum Gasteiger partial charge on any atom is 0.425 e. The first-order valence-electron chi connectivity index (χ1n) is 2.07. The van der Waals surface area contributed by atoms with Crippen LogP contribution in [0.25, 0.3) is 0 Å². The monoisotopic (exact) mass is 217 g/mol. The third-order valence-corrected chi connectivity index (χ3v) is 3.90. The van der Waals surface area contributed by atoms with Crippen molar-refractivity contribution in [3.05, 3.63) is 0 Å². The van der Waals surface area contributed by atoms with Gasteiger partial charge in [-0.3, -0.25) is 4.79 Å². The molecule has 54 valence electrons. The third-order valence-electron chi connectivity index (χ3n) is 0.640. The SMILES string of the molecule is CC(=O)[C@H](Br)[P+](O)(O)O. The molecule has 3 N–H and O–H groups in total. The van der Waals surface area contributed by atoms with Crippen LogP contribution in [0.5, 0.6) is 0 Å². The fraction of sp³-hybridized carbons (Fsp3) is 0.667. The molecule has 0 saturated heterocycles. The van der Waals surface area contributed by atoms with Crippen LogP contribution in [0.4, 0.5) is 0 Å². The van der Waals surface area contributed by atoms with E-state index >= 15 is 0 Å². The minimum atomic E-state index is -4.00. The number of carbonyl (C=O) groups is 1. The highest BCUT2D eigenvalue weighted by molar-refractivity contribution is 9.11. The Balaban J connectivity index is 4.04. The lowest BCUT2D eigenvalue weighted by molar-refractivity contribution is -0.115. The van der Waals surface area contributed by atoms with Gasteiger partial charge in [-0.05, 0) is 22.9 Å². The second-order valence-electron chi connectivity index (χ2n) is 1.56. The summed E-state index contributed by atoms with van der Waals surface area (Å²) in [6.07, 6.45) is 0. The number of hydrogen-bond donors (Lipinski definition) is 3. The molecule has 0 aromatic carbocycles. The summed E-state index contributed by atoms with van der Waals surface area (Å²) in [6, 6.07) is 0. The van der Waals surface area contributed by atoms with E-state index in [-0.39, 0.29) is 0 Å². The summed E-state index contributed by atoms with van der Waals surface area (Å²) < 4.78 is -1.23. The van der Waals surface area contributed by atoms with Gasteiger partial charge in [-0.2, -0.15) is 14.7 Å². The van der Waals surface area contributed by atoms with Gasteiger partial charge in [-0.15, -0.1) is 0 Å². The van der Waals surface area contributed by atoms with Crippen LogP contribution in [0.2, 0.25) is 0 Å². The molecule has 0 radical (unpaired) electrons. The normalized spacial score (nSPS) is 15.2. The van der Waals surface area contributed by atoms with E-state index in [2.05, 4.69) is 15.9 Å². The van der Waals surface area contributed by atoms with Crippen molar-refractivity contribution in [3.8, 4) is 0 Å². The van der Waals surface area contributed by atoms with Crippen LogP contribution < -0.4 is 0 Å². The van der Waals surface area contributed by atoms with Crippen molar-refractivity contribution in [2.45, 2.75) is 11.5 Å². The quantitative estimate of drug-likeness (QED) is 0.451. The molecule has 0 rings (SSSR count). The highest BCUT2D eigenvalue weighted by Gasteiger charge is 2.44. The van der Waals surface area contributed by atoms with Gasteiger partial charge in [-0.1, -0.05) is 0 Å². The van der Waals surface area contributed by atoms with Gasteiger partial charge in [0.2, 0.25) is 0 Å².